The smallest absolute Gasteiger partial charge is 0.266 e. The predicted octanol–water partition coefficient (Wildman–Crippen LogP) is 5.06. The van der Waals surface area contributed by atoms with Crippen molar-refractivity contribution in [3.8, 4) is 28.5 Å². The van der Waals surface area contributed by atoms with Crippen molar-refractivity contribution >= 4 is 11.7 Å². The predicted molar refractivity (Wildman–Crippen MR) is 121 cm³/mol. The SMILES string of the molecule is CCOc1ccc(-c2nonc2NC(=O)[C@@H](C)Oc2ccc(C(C)C)cc2)cc1OCC. The van der Waals surface area contributed by atoms with Crippen LogP contribution < -0.4 is 19.5 Å². The lowest BCUT2D eigenvalue weighted by Gasteiger charge is -2.15. The lowest BCUT2D eigenvalue weighted by molar-refractivity contribution is -0.122. The summed E-state index contributed by atoms with van der Waals surface area (Å²) in [6, 6.07) is 13.1. The van der Waals surface area contributed by atoms with E-state index in [1.54, 1.807) is 25.1 Å². The lowest BCUT2D eigenvalue weighted by atomic mass is 10.0. The Balaban J connectivity index is 1.72. The molecule has 0 saturated carbocycles. The Labute approximate surface area is 187 Å². The van der Waals surface area contributed by atoms with Gasteiger partial charge in [-0.25, -0.2) is 4.63 Å². The zero-order chi connectivity index (χ0) is 23.1. The first-order chi connectivity index (χ1) is 15.4. The molecule has 2 aromatic carbocycles. The number of carbonyl (C=O) groups is 1. The largest absolute Gasteiger partial charge is 0.490 e. The third-order valence-electron chi connectivity index (χ3n) is 4.78. The van der Waals surface area contributed by atoms with Crippen molar-refractivity contribution in [1.82, 2.24) is 10.3 Å². The van der Waals surface area contributed by atoms with Crippen molar-refractivity contribution in [1.29, 1.82) is 0 Å². The standard InChI is InChI=1S/C24H29N3O5/c1-6-29-20-13-10-18(14-21(20)30-7-2)22-23(27-32-26-22)25-24(28)16(5)31-19-11-8-17(9-12-19)15(3)4/h8-16H,6-7H2,1-5H3,(H,25,27,28)/t16-/m1/s1. The lowest BCUT2D eigenvalue weighted by Crippen LogP contribution is -2.30. The van der Waals surface area contributed by atoms with Crippen LogP contribution in [0.1, 0.15) is 46.1 Å². The number of hydrogen-bond acceptors (Lipinski definition) is 7. The van der Waals surface area contributed by atoms with E-state index in [1.165, 1.54) is 5.56 Å². The van der Waals surface area contributed by atoms with Crippen LogP contribution in [0.2, 0.25) is 0 Å². The van der Waals surface area contributed by atoms with Crippen molar-refractivity contribution in [3.63, 3.8) is 0 Å². The van der Waals surface area contributed by atoms with Crippen molar-refractivity contribution in [3.05, 3.63) is 48.0 Å². The van der Waals surface area contributed by atoms with E-state index in [4.69, 9.17) is 18.8 Å². The van der Waals surface area contributed by atoms with E-state index >= 15 is 0 Å². The van der Waals surface area contributed by atoms with Gasteiger partial charge in [0.15, 0.2) is 23.3 Å². The molecule has 170 valence electrons. The van der Waals surface area contributed by atoms with Gasteiger partial charge in [0.2, 0.25) is 5.82 Å². The normalized spacial score (nSPS) is 11.8. The topological polar surface area (TPSA) is 95.7 Å². The number of amides is 1. The molecule has 0 bridgehead atoms. The van der Waals surface area contributed by atoms with Gasteiger partial charge < -0.3 is 19.5 Å². The minimum absolute atomic E-state index is 0.201. The second-order valence-corrected chi connectivity index (χ2v) is 7.46. The van der Waals surface area contributed by atoms with Crippen LogP contribution in [-0.4, -0.2) is 35.5 Å². The first-order valence-electron chi connectivity index (χ1n) is 10.7. The minimum Gasteiger partial charge on any atom is -0.490 e. The summed E-state index contributed by atoms with van der Waals surface area (Å²) >= 11 is 0. The van der Waals surface area contributed by atoms with Gasteiger partial charge in [-0.1, -0.05) is 26.0 Å². The average Bonchev–Trinajstić information content (AvgIpc) is 3.23. The fraction of sp³-hybridized carbons (Fsp3) is 0.375. The number of ether oxygens (including phenoxy) is 3. The highest BCUT2D eigenvalue weighted by Crippen LogP contribution is 2.34. The zero-order valence-corrected chi connectivity index (χ0v) is 19.0. The van der Waals surface area contributed by atoms with Crippen LogP contribution in [0.3, 0.4) is 0 Å². The first-order valence-corrected chi connectivity index (χ1v) is 10.7. The second-order valence-electron chi connectivity index (χ2n) is 7.46. The number of aromatic nitrogens is 2. The molecule has 0 radical (unpaired) electrons. The van der Waals surface area contributed by atoms with Crippen LogP contribution in [-0.2, 0) is 4.79 Å². The van der Waals surface area contributed by atoms with Crippen LogP contribution in [0.25, 0.3) is 11.3 Å². The van der Waals surface area contributed by atoms with Crippen LogP contribution in [0, 0.1) is 0 Å². The van der Waals surface area contributed by atoms with Crippen LogP contribution in [0.15, 0.2) is 47.1 Å². The van der Waals surface area contributed by atoms with Gasteiger partial charge in [-0.05, 0) is 72.9 Å². The van der Waals surface area contributed by atoms with Gasteiger partial charge in [0.1, 0.15) is 5.75 Å². The van der Waals surface area contributed by atoms with Gasteiger partial charge in [-0.15, -0.1) is 0 Å². The minimum atomic E-state index is -0.747. The number of hydrogen-bond donors (Lipinski definition) is 1. The fourth-order valence-corrected chi connectivity index (χ4v) is 3.07. The average molecular weight is 440 g/mol. The number of carbonyl (C=O) groups excluding carboxylic acids is 1. The molecule has 1 aromatic heterocycles. The number of nitrogens with one attached hydrogen (secondary N) is 1. The summed E-state index contributed by atoms with van der Waals surface area (Å²) in [5.41, 5.74) is 2.26. The molecule has 32 heavy (non-hydrogen) atoms. The Morgan fingerprint density at radius 2 is 1.66 bits per heavy atom. The van der Waals surface area contributed by atoms with Crippen molar-refractivity contribution < 1.29 is 23.6 Å². The molecule has 0 aliphatic rings. The third kappa shape index (κ3) is 5.57. The molecule has 0 unspecified atom stereocenters. The molecular formula is C24H29N3O5. The van der Waals surface area contributed by atoms with E-state index in [0.717, 1.165) is 0 Å². The molecule has 0 saturated heterocycles. The Morgan fingerprint density at radius 3 is 2.31 bits per heavy atom. The maximum absolute atomic E-state index is 12.7. The third-order valence-corrected chi connectivity index (χ3v) is 4.78. The summed E-state index contributed by atoms with van der Waals surface area (Å²) in [6.45, 7) is 10.7. The maximum Gasteiger partial charge on any atom is 0.266 e. The van der Waals surface area contributed by atoms with Gasteiger partial charge in [-0.2, -0.15) is 0 Å². The highest BCUT2D eigenvalue weighted by molar-refractivity contribution is 5.96. The summed E-state index contributed by atoms with van der Waals surface area (Å²) in [6.07, 6.45) is -0.747. The molecular weight excluding hydrogens is 410 g/mol. The Hall–Kier alpha value is -3.55. The van der Waals surface area contributed by atoms with Gasteiger partial charge in [0.25, 0.3) is 5.91 Å². The number of anilines is 1. The molecule has 1 amide bonds. The molecule has 3 rings (SSSR count). The Bertz CT molecular complexity index is 1030. The van der Waals surface area contributed by atoms with Gasteiger partial charge in [0.05, 0.1) is 13.2 Å². The molecule has 0 spiro atoms. The van der Waals surface area contributed by atoms with E-state index in [1.807, 2.05) is 38.1 Å². The van der Waals surface area contributed by atoms with Crippen molar-refractivity contribution in [2.75, 3.05) is 18.5 Å². The van der Waals surface area contributed by atoms with Crippen LogP contribution in [0.5, 0.6) is 17.2 Å². The van der Waals surface area contributed by atoms with E-state index < -0.39 is 6.10 Å². The molecule has 8 heteroatoms. The number of benzene rings is 2. The Morgan fingerprint density at radius 1 is 0.969 bits per heavy atom. The summed E-state index contributed by atoms with van der Waals surface area (Å²) in [7, 11) is 0. The second kappa shape index (κ2) is 10.7. The van der Waals surface area contributed by atoms with Crippen molar-refractivity contribution in [2.45, 2.75) is 46.6 Å². The molecule has 1 N–H and O–H groups in total. The van der Waals surface area contributed by atoms with E-state index in [2.05, 4.69) is 29.5 Å². The van der Waals surface area contributed by atoms with Crippen molar-refractivity contribution in [2.24, 2.45) is 0 Å². The van der Waals surface area contributed by atoms with Crippen LogP contribution in [0.4, 0.5) is 5.82 Å². The Kier molecular flexibility index (Phi) is 7.70. The fourth-order valence-electron chi connectivity index (χ4n) is 3.07. The van der Waals surface area contributed by atoms with E-state index in [-0.39, 0.29) is 11.7 Å². The number of nitrogens with zero attached hydrogens (tertiary/aromatic N) is 2. The molecule has 1 heterocycles. The molecule has 0 aliphatic carbocycles. The van der Waals surface area contributed by atoms with Crippen LogP contribution >= 0.6 is 0 Å². The highest BCUT2D eigenvalue weighted by atomic mass is 16.6. The summed E-state index contributed by atoms with van der Waals surface area (Å²) in [5.74, 6) is 2.08. The quantitative estimate of drug-likeness (QED) is 0.471. The van der Waals surface area contributed by atoms with Gasteiger partial charge in [-0.3, -0.25) is 4.79 Å². The zero-order valence-electron chi connectivity index (χ0n) is 19.0. The highest BCUT2D eigenvalue weighted by Gasteiger charge is 2.21. The maximum atomic E-state index is 12.7. The molecule has 3 aromatic rings. The number of rotatable bonds is 10. The summed E-state index contributed by atoms with van der Waals surface area (Å²) in [4.78, 5) is 12.7. The summed E-state index contributed by atoms with van der Waals surface area (Å²) in [5, 5.41) is 10.5. The molecule has 8 nitrogen and oxygen atoms in total. The summed E-state index contributed by atoms with van der Waals surface area (Å²) < 4.78 is 21.9. The molecule has 0 fully saturated rings. The van der Waals surface area contributed by atoms with Gasteiger partial charge >= 0.3 is 0 Å². The van der Waals surface area contributed by atoms with E-state index in [9.17, 15) is 4.79 Å². The van der Waals surface area contributed by atoms with Gasteiger partial charge in [0, 0.05) is 5.56 Å². The molecule has 1 atom stereocenters. The monoisotopic (exact) mass is 439 g/mol. The first kappa shape index (κ1) is 23.1. The molecule has 0 aliphatic heterocycles. The van der Waals surface area contributed by atoms with E-state index in [0.29, 0.717) is 47.6 Å².